The molecular weight excluding hydrogens is 226 g/mol. The molecule has 0 spiro atoms. The van der Waals surface area contributed by atoms with Crippen LogP contribution in [0.3, 0.4) is 0 Å². The van der Waals surface area contributed by atoms with Crippen LogP contribution in [0.2, 0.25) is 5.02 Å². The Morgan fingerprint density at radius 3 is 2.62 bits per heavy atom. The Kier molecular flexibility index (Phi) is 3.96. The lowest BCUT2D eigenvalue weighted by Gasteiger charge is -2.28. The maximum Gasteiger partial charge on any atom is 0.316 e. The normalized spacial score (nSPS) is 18.6. The fraction of sp³-hybridized carbons (Fsp3) is 0.636. The smallest absolute Gasteiger partial charge is 0.316 e. The van der Waals surface area contributed by atoms with E-state index in [2.05, 4.69) is 21.9 Å². The molecule has 0 aliphatic carbocycles. The van der Waals surface area contributed by atoms with Crippen LogP contribution in [0.15, 0.2) is 12.4 Å². The van der Waals surface area contributed by atoms with E-state index >= 15 is 0 Å². The van der Waals surface area contributed by atoms with Crippen LogP contribution in [-0.2, 0) is 0 Å². The second kappa shape index (κ2) is 5.46. The van der Waals surface area contributed by atoms with Crippen molar-refractivity contribution in [3.05, 3.63) is 17.4 Å². The average molecular weight is 242 g/mol. The van der Waals surface area contributed by atoms with Gasteiger partial charge < -0.3 is 9.64 Å². The van der Waals surface area contributed by atoms with Gasteiger partial charge >= 0.3 is 6.01 Å². The lowest BCUT2D eigenvalue weighted by molar-refractivity contribution is 0.153. The predicted octanol–water partition coefficient (Wildman–Crippen LogP) is 1.85. The van der Waals surface area contributed by atoms with Crippen molar-refractivity contribution in [2.75, 3.05) is 26.7 Å². The van der Waals surface area contributed by atoms with Crippen LogP contribution in [0, 0.1) is 5.92 Å². The van der Waals surface area contributed by atoms with Gasteiger partial charge in [-0.05, 0) is 38.9 Å². The molecule has 0 aromatic carbocycles. The predicted molar refractivity (Wildman–Crippen MR) is 62.8 cm³/mol. The zero-order valence-corrected chi connectivity index (χ0v) is 10.2. The molecule has 1 saturated heterocycles. The number of rotatable bonds is 3. The summed E-state index contributed by atoms with van der Waals surface area (Å²) in [6.45, 7) is 3.00. The molecule has 0 saturated carbocycles. The maximum atomic E-state index is 5.69. The van der Waals surface area contributed by atoms with Crippen LogP contribution in [0.5, 0.6) is 6.01 Å². The molecule has 88 valence electrons. The van der Waals surface area contributed by atoms with Crippen LogP contribution in [0.4, 0.5) is 0 Å². The zero-order valence-electron chi connectivity index (χ0n) is 9.40. The maximum absolute atomic E-state index is 5.69. The van der Waals surface area contributed by atoms with Crippen LogP contribution >= 0.6 is 11.6 Å². The van der Waals surface area contributed by atoms with Gasteiger partial charge in [0.25, 0.3) is 0 Å². The summed E-state index contributed by atoms with van der Waals surface area (Å²) in [6, 6.07) is 0.420. The molecule has 4 nitrogen and oxygen atoms in total. The highest BCUT2D eigenvalue weighted by Gasteiger charge is 2.17. The van der Waals surface area contributed by atoms with Gasteiger partial charge in [-0.25, -0.2) is 9.97 Å². The van der Waals surface area contributed by atoms with E-state index in [9.17, 15) is 0 Å². The lowest BCUT2D eigenvalue weighted by atomic mass is 9.98. The molecule has 1 fully saturated rings. The molecule has 0 radical (unpaired) electrons. The Balaban J connectivity index is 1.77. The highest BCUT2D eigenvalue weighted by molar-refractivity contribution is 6.30. The summed E-state index contributed by atoms with van der Waals surface area (Å²) < 4.78 is 5.54. The summed E-state index contributed by atoms with van der Waals surface area (Å²) in [6.07, 6.45) is 5.48. The molecule has 0 amide bonds. The molecule has 16 heavy (non-hydrogen) atoms. The van der Waals surface area contributed by atoms with E-state index in [1.54, 1.807) is 12.4 Å². The molecule has 5 heteroatoms. The number of ether oxygens (including phenoxy) is 1. The van der Waals surface area contributed by atoms with Gasteiger partial charge in [-0.15, -0.1) is 0 Å². The third-order valence-corrected chi connectivity index (χ3v) is 3.08. The van der Waals surface area contributed by atoms with Crippen molar-refractivity contribution < 1.29 is 4.74 Å². The van der Waals surface area contributed by atoms with Crippen molar-refractivity contribution in [2.24, 2.45) is 5.92 Å². The topological polar surface area (TPSA) is 38.2 Å². The Bertz CT molecular complexity index is 323. The first-order chi connectivity index (χ1) is 7.74. The minimum absolute atomic E-state index is 0.420. The molecule has 0 N–H and O–H groups in total. The summed E-state index contributed by atoms with van der Waals surface area (Å²) in [5.41, 5.74) is 0. The molecule has 2 rings (SSSR count). The number of aromatic nitrogens is 2. The quantitative estimate of drug-likeness (QED) is 0.810. The highest BCUT2D eigenvalue weighted by atomic mass is 35.5. The molecule has 1 aromatic rings. The van der Waals surface area contributed by atoms with E-state index in [4.69, 9.17) is 16.3 Å². The number of hydrogen-bond donors (Lipinski definition) is 0. The molecular formula is C11H16ClN3O. The number of nitrogens with zero attached hydrogens (tertiary/aromatic N) is 3. The second-order valence-electron chi connectivity index (χ2n) is 4.24. The van der Waals surface area contributed by atoms with Gasteiger partial charge in [0.15, 0.2) is 0 Å². The fourth-order valence-electron chi connectivity index (χ4n) is 1.80. The summed E-state index contributed by atoms with van der Waals surface area (Å²) in [7, 11) is 2.15. The first-order valence-corrected chi connectivity index (χ1v) is 5.91. The van der Waals surface area contributed by atoms with E-state index in [0.717, 1.165) is 13.1 Å². The van der Waals surface area contributed by atoms with Crippen molar-refractivity contribution in [1.82, 2.24) is 14.9 Å². The van der Waals surface area contributed by atoms with Gasteiger partial charge in [0, 0.05) is 0 Å². The van der Waals surface area contributed by atoms with E-state index in [1.165, 1.54) is 12.8 Å². The standard InChI is InChI=1S/C11H16ClN3O/c1-15-4-2-9(3-5-15)8-16-11-13-6-10(12)7-14-11/h6-7,9H,2-5,8H2,1H3. The minimum atomic E-state index is 0.420. The van der Waals surface area contributed by atoms with E-state index in [-0.39, 0.29) is 0 Å². The Morgan fingerprint density at radius 1 is 1.38 bits per heavy atom. The number of halogens is 1. The highest BCUT2D eigenvalue weighted by Crippen LogP contribution is 2.17. The summed E-state index contributed by atoms with van der Waals surface area (Å²) >= 11 is 5.69. The molecule has 0 bridgehead atoms. The molecule has 1 aliphatic heterocycles. The average Bonchev–Trinajstić information content (AvgIpc) is 2.30. The van der Waals surface area contributed by atoms with E-state index < -0.39 is 0 Å². The van der Waals surface area contributed by atoms with Crippen LogP contribution in [0.25, 0.3) is 0 Å². The van der Waals surface area contributed by atoms with Crippen molar-refractivity contribution >= 4 is 11.6 Å². The molecule has 1 aromatic heterocycles. The fourth-order valence-corrected chi connectivity index (χ4v) is 1.89. The summed E-state index contributed by atoms with van der Waals surface area (Å²) in [4.78, 5) is 10.3. The summed E-state index contributed by atoms with van der Waals surface area (Å²) in [5.74, 6) is 0.621. The second-order valence-corrected chi connectivity index (χ2v) is 4.68. The Morgan fingerprint density at radius 2 is 2.00 bits per heavy atom. The number of piperidine rings is 1. The number of likely N-dealkylation sites (tertiary alicyclic amines) is 1. The van der Waals surface area contributed by atoms with Gasteiger partial charge in [0.05, 0.1) is 24.0 Å². The van der Waals surface area contributed by atoms with E-state index in [0.29, 0.717) is 23.6 Å². The Hall–Kier alpha value is -0.870. The van der Waals surface area contributed by atoms with E-state index in [1.807, 2.05) is 0 Å². The van der Waals surface area contributed by atoms with Crippen LogP contribution in [-0.4, -0.2) is 41.6 Å². The zero-order chi connectivity index (χ0) is 11.4. The largest absolute Gasteiger partial charge is 0.463 e. The van der Waals surface area contributed by atoms with Crippen LogP contribution < -0.4 is 4.74 Å². The van der Waals surface area contributed by atoms with Crippen molar-refractivity contribution in [1.29, 1.82) is 0 Å². The van der Waals surface area contributed by atoms with Gasteiger partial charge in [0.1, 0.15) is 0 Å². The molecule has 1 aliphatic rings. The molecule has 0 unspecified atom stereocenters. The van der Waals surface area contributed by atoms with Gasteiger partial charge in [0.2, 0.25) is 0 Å². The third-order valence-electron chi connectivity index (χ3n) is 2.88. The lowest BCUT2D eigenvalue weighted by Crippen LogP contribution is -2.32. The third kappa shape index (κ3) is 3.32. The number of hydrogen-bond acceptors (Lipinski definition) is 4. The van der Waals surface area contributed by atoms with Gasteiger partial charge in [-0.1, -0.05) is 11.6 Å². The van der Waals surface area contributed by atoms with Gasteiger partial charge in [-0.3, -0.25) is 0 Å². The monoisotopic (exact) mass is 241 g/mol. The first-order valence-electron chi connectivity index (χ1n) is 5.53. The van der Waals surface area contributed by atoms with Crippen molar-refractivity contribution in [3.8, 4) is 6.01 Å². The Labute approximate surface area is 101 Å². The van der Waals surface area contributed by atoms with Crippen LogP contribution in [0.1, 0.15) is 12.8 Å². The van der Waals surface area contributed by atoms with Crippen molar-refractivity contribution in [2.45, 2.75) is 12.8 Å². The van der Waals surface area contributed by atoms with Gasteiger partial charge in [-0.2, -0.15) is 0 Å². The van der Waals surface area contributed by atoms with Crippen molar-refractivity contribution in [3.63, 3.8) is 0 Å². The molecule has 0 atom stereocenters. The first kappa shape index (κ1) is 11.6. The molecule has 2 heterocycles. The summed E-state index contributed by atoms with van der Waals surface area (Å²) in [5, 5.41) is 0.534. The minimum Gasteiger partial charge on any atom is -0.463 e. The SMILES string of the molecule is CN1CCC(COc2ncc(Cl)cn2)CC1.